The van der Waals surface area contributed by atoms with Crippen LogP contribution in [0, 0.1) is 6.92 Å². The van der Waals surface area contributed by atoms with E-state index in [1.54, 1.807) is 0 Å². The second-order valence-corrected chi connectivity index (χ2v) is 5.37. The molecule has 0 aliphatic rings. The maximum Gasteiger partial charge on any atom is 0.193 e. The van der Waals surface area contributed by atoms with Gasteiger partial charge in [-0.05, 0) is 30.5 Å². The van der Waals surface area contributed by atoms with Crippen molar-refractivity contribution in [3.05, 3.63) is 65.5 Å². The molecule has 1 heterocycles. The van der Waals surface area contributed by atoms with Crippen molar-refractivity contribution in [2.24, 2.45) is 4.99 Å². The molecule has 4 nitrogen and oxygen atoms in total. The molecule has 0 amide bonds. The number of nitrogens with one attached hydrogen (secondary N) is 1. The summed E-state index contributed by atoms with van der Waals surface area (Å²) < 4.78 is 0. The van der Waals surface area contributed by atoms with Crippen LogP contribution in [0.1, 0.15) is 16.8 Å². The molecular weight excluding hydrogens is 272 g/mol. The maximum atomic E-state index is 4.35. The molecule has 0 atom stereocenters. The van der Waals surface area contributed by atoms with Crippen molar-refractivity contribution in [3.8, 4) is 0 Å². The number of nitrogens with zero attached hydrogens (tertiary/aromatic N) is 3. The average molecular weight is 296 g/mol. The van der Waals surface area contributed by atoms with Gasteiger partial charge in [0.05, 0.1) is 0 Å². The summed E-state index contributed by atoms with van der Waals surface area (Å²) in [6.45, 7) is 3.69. The number of hydrogen-bond donors (Lipinski definition) is 1. The lowest BCUT2D eigenvalue weighted by Crippen LogP contribution is -2.39. The normalized spacial score (nSPS) is 11.3. The largest absolute Gasteiger partial charge is 0.356 e. The predicted molar refractivity (Wildman–Crippen MR) is 91.9 cm³/mol. The van der Waals surface area contributed by atoms with Crippen LogP contribution in [0.3, 0.4) is 0 Å². The van der Waals surface area contributed by atoms with E-state index in [1.807, 2.05) is 32.3 Å². The first-order valence-electron chi connectivity index (χ1n) is 7.56. The van der Waals surface area contributed by atoms with E-state index in [0.717, 1.165) is 31.2 Å². The van der Waals surface area contributed by atoms with Gasteiger partial charge in [-0.15, -0.1) is 0 Å². The molecule has 1 aromatic heterocycles. The molecule has 2 aromatic rings. The SMILES string of the molecule is CN=C(NCCc1ccc(C)nc1)N(C)Cc1ccccc1. The number of hydrogen-bond acceptors (Lipinski definition) is 2. The van der Waals surface area contributed by atoms with E-state index < -0.39 is 0 Å². The van der Waals surface area contributed by atoms with Gasteiger partial charge in [0.1, 0.15) is 0 Å². The molecule has 0 saturated carbocycles. The zero-order valence-corrected chi connectivity index (χ0v) is 13.6. The zero-order valence-electron chi connectivity index (χ0n) is 13.6. The highest BCUT2D eigenvalue weighted by molar-refractivity contribution is 5.79. The van der Waals surface area contributed by atoms with Crippen LogP contribution >= 0.6 is 0 Å². The van der Waals surface area contributed by atoms with Crippen molar-refractivity contribution in [2.45, 2.75) is 19.9 Å². The molecule has 0 unspecified atom stereocenters. The highest BCUT2D eigenvalue weighted by Gasteiger charge is 2.06. The first kappa shape index (κ1) is 16.0. The van der Waals surface area contributed by atoms with Crippen LogP contribution < -0.4 is 5.32 Å². The van der Waals surface area contributed by atoms with Gasteiger partial charge < -0.3 is 10.2 Å². The summed E-state index contributed by atoms with van der Waals surface area (Å²) in [5.74, 6) is 0.906. The molecular formula is C18H24N4. The molecule has 0 spiro atoms. The fourth-order valence-corrected chi connectivity index (χ4v) is 2.28. The molecule has 0 aliphatic heterocycles. The quantitative estimate of drug-likeness (QED) is 0.681. The van der Waals surface area contributed by atoms with E-state index >= 15 is 0 Å². The average Bonchev–Trinajstić information content (AvgIpc) is 2.54. The van der Waals surface area contributed by atoms with Crippen LogP contribution in [-0.4, -0.2) is 36.5 Å². The van der Waals surface area contributed by atoms with Crippen LogP contribution in [0.15, 0.2) is 53.7 Å². The van der Waals surface area contributed by atoms with Gasteiger partial charge in [0.15, 0.2) is 5.96 Å². The Morgan fingerprint density at radius 2 is 1.91 bits per heavy atom. The number of aromatic nitrogens is 1. The lowest BCUT2D eigenvalue weighted by molar-refractivity contribution is 0.477. The zero-order chi connectivity index (χ0) is 15.8. The van der Waals surface area contributed by atoms with Gasteiger partial charge in [-0.3, -0.25) is 9.98 Å². The van der Waals surface area contributed by atoms with Gasteiger partial charge in [-0.2, -0.15) is 0 Å². The summed E-state index contributed by atoms with van der Waals surface area (Å²) in [4.78, 5) is 10.8. The summed E-state index contributed by atoms with van der Waals surface area (Å²) in [5.41, 5.74) is 3.56. The van der Waals surface area contributed by atoms with Crippen LogP contribution in [0.4, 0.5) is 0 Å². The Hall–Kier alpha value is -2.36. The molecule has 1 aromatic carbocycles. The van der Waals surface area contributed by atoms with E-state index in [9.17, 15) is 0 Å². The van der Waals surface area contributed by atoms with E-state index in [2.05, 4.69) is 57.6 Å². The molecule has 0 fully saturated rings. The lowest BCUT2D eigenvalue weighted by Gasteiger charge is -2.22. The number of aliphatic imine (C=N–C) groups is 1. The van der Waals surface area contributed by atoms with Crippen molar-refractivity contribution in [3.63, 3.8) is 0 Å². The van der Waals surface area contributed by atoms with Crippen LogP contribution in [0.5, 0.6) is 0 Å². The lowest BCUT2D eigenvalue weighted by atomic mass is 10.2. The molecule has 0 saturated heterocycles. The van der Waals surface area contributed by atoms with Crippen molar-refractivity contribution >= 4 is 5.96 Å². The van der Waals surface area contributed by atoms with Gasteiger partial charge in [0.25, 0.3) is 0 Å². The fraction of sp³-hybridized carbons (Fsp3) is 0.333. The third kappa shape index (κ3) is 4.88. The molecule has 1 N–H and O–H groups in total. The molecule has 4 heteroatoms. The molecule has 22 heavy (non-hydrogen) atoms. The van der Waals surface area contributed by atoms with Gasteiger partial charge in [-0.25, -0.2) is 0 Å². The van der Waals surface area contributed by atoms with Crippen molar-refractivity contribution in [2.75, 3.05) is 20.6 Å². The number of guanidine groups is 1. The highest BCUT2D eigenvalue weighted by Crippen LogP contribution is 2.03. The van der Waals surface area contributed by atoms with Gasteiger partial charge >= 0.3 is 0 Å². The second kappa shape index (κ2) is 8.17. The van der Waals surface area contributed by atoms with E-state index in [4.69, 9.17) is 0 Å². The van der Waals surface area contributed by atoms with Crippen LogP contribution in [0.2, 0.25) is 0 Å². The Balaban J connectivity index is 1.83. The topological polar surface area (TPSA) is 40.5 Å². The van der Waals surface area contributed by atoms with Crippen molar-refractivity contribution < 1.29 is 0 Å². The molecule has 0 radical (unpaired) electrons. The number of pyridine rings is 1. The summed E-state index contributed by atoms with van der Waals surface area (Å²) in [5, 5.41) is 3.40. The van der Waals surface area contributed by atoms with Crippen LogP contribution in [0.25, 0.3) is 0 Å². The van der Waals surface area contributed by atoms with Gasteiger partial charge in [0.2, 0.25) is 0 Å². The molecule has 0 aliphatic carbocycles. The molecule has 0 bridgehead atoms. The monoisotopic (exact) mass is 296 g/mol. The first-order valence-corrected chi connectivity index (χ1v) is 7.56. The minimum absolute atomic E-state index is 0.840. The Bertz CT molecular complexity index is 590. The molecule has 2 rings (SSSR count). The summed E-state index contributed by atoms with van der Waals surface area (Å²) in [6, 6.07) is 14.6. The predicted octanol–water partition coefficient (Wildman–Crippen LogP) is 2.64. The third-order valence-corrected chi connectivity index (χ3v) is 3.51. The van der Waals surface area contributed by atoms with Crippen molar-refractivity contribution in [1.82, 2.24) is 15.2 Å². The number of aryl methyl sites for hydroxylation is 1. The Morgan fingerprint density at radius 1 is 1.14 bits per heavy atom. The first-order chi connectivity index (χ1) is 10.7. The number of rotatable bonds is 5. The Kier molecular flexibility index (Phi) is 5.95. The van der Waals surface area contributed by atoms with Gasteiger partial charge in [0, 0.05) is 39.1 Å². The molecule has 116 valence electrons. The third-order valence-electron chi connectivity index (χ3n) is 3.51. The second-order valence-electron chi connectivity index (χ2n) is 5.37. The maximum absolute atomic E-state index is 4.35. The Labute approximate surface area is 132 Å². The summed E-state index contributed by atoms with van der Waals surface area (Å²) >= 11 is 0. The number of benzene rings is 1. The van der Waals surface area contributed by atoms with Crippen molar-refractivity contribution in [1.29, 1.82) is 0 Å². The van der Waals surface area contributed by atoms with E-state index in [-0.39, 0.29) is 0 Å². The van der Waals surface area contributed by atoms with Crippen LogP contribution in [-0.2, 0) is 13.0 Å². The minimum atomic E-state index is 0.840. The Morgan fingerprint density at radius 3 is 2.55 bits per heavy atom. The summed E-state index contributed by atoms with van der Waals surface area (Å²) in [7, 11) is 3.87. The van der Waals surface area contributed by atoms with E-state index in [1.165, 1.54) is 11.1 Å². The minimum Gasteiger partial charge on any atom is -0.356 e. The standard InChI is InChI=1S/C18H24N4/c1-15-9-10-16(13-21-15)11-12-20-18(19-2)22(3)14-17-7-5-4-6-8-17/h4-10,13H,11-12,14H2,1-3H3,(H,19,20). The fourth-order valence-electron chi connectivity index (χ4n) is 2.28. The van der Waals surface area contributed by atoms with E-state index in [0.29, 0.717) is 0 Å². The smallest absolute Gasteiger partial charge is 0.193 e. The highest BCUT2D eigenvalue weighted by atomic mass is 15.3. The summed E-state index contributed by atoms with van der Waals surface area (Å²) in [6.07, 6.45) is 2.87. The van der Waals surface area contributed by atoms with Gasteiger partial charge in [-0.1, -0.05) is 36.4 Å².